The first-order valence-electron chi connectivity index (χ1n) is 5.87. The van der Waals surface area contributed by atoms with Crippen LogP contribution in [0, 0.1) is 0 Å². The van der Waals surface area contributed by atoms with Crippen LogP contribution < -0.4 is 5.32 Å². The van der Waals surface area contributed by atoms with Crippen LogP contribution in [0.1, 0.15) is 49.8 Å². The predicted octanol–water partition coefficient (Wildman–Crippen LogP) is 1.73. The van der Waals surface area contributed by atoms with Crippen molar-refractivity contribution >= 4 is 11.8 Å². The first-order valence-corrected chi connectivity index (χ1v) is 5.87. The Morgan fingerprint density at radius 3 is 2.65 bits per heavy atom. The summed E-state index contributed by atoms with van der Waals surface area (Å²) in [5.74, 6) is -0.275. The van der Waals surface area contributed by atoms with Gasteiger partial charge >= 0.3 is 0 Å². The molecule has 1 N–H and O–H groups in total. The van der Waals surface area contributed by atoms with Crippen molar-refractivity contribution in [3.63, 3.8) is 0 Å². The van der Waals surface area contributed by atoms with Crippen LogP contribution in [0.3, 0.4) is 0 Å². The number of rotatable bonds is 2. The van der Waals surface area contributed by atoms with Crippen LogP contribution in [0.5, 0.6) is 0 Å². The highest BCUT2D eigenvalue weighted by Crippen LogP contribution is 2.24. The van der Waals surface area contributed by atoms with Gasteiger partial charge in [0, 0.05) is 12.6 Å². The van der Waals surface area contributed by atoms with Gasteiger partial charge in [0.1, 0.15) is 0 Å². The lowest BCUT2D eigenvalue weighted by atomic mass is 9.93. The molecule has 0 spiro atoms. The summed E-state index contributed by atoms with van der Waals surface area (Å²) in [5.41, 5.74) is 1.90. The van der Waals surface area contributed by atoms with E-state index in [-0.39, 0.29) is 17.7 Å². The summed E-state index contributed by atoms with van der Waals surface area (Å²) in [7, 11) is 0. The fourth-order valence-electron chi connectivity index (χ4n) is 1.94. The van der Waals surface area contributed by atoms with E-state index in [1.807, 2.05) is 18.3 Å². The Hall–Kier alpha value is -1.71. The second-order valence-corrected chi connectivity index (χ2v) is 4.67. The highest BCUT2D eigenvalue weighted by atomic mass is 16.2. The van der Waals surface area contributed by atoms with Crippen molar-refractivity contribution in [3.05, 3.63) is 29.6 Å². The Labute approximate surface area is 100 Å². The van der Waals surface area contributed by atoms with E-state index in [9.17, 15) is 9.59 Å². The van der Waals surface area contributed by atoms with Gasteiger partial charge in [-0.3, -0.25) is 19.9 Å². The molecule has 1 aliphatic heterocycles. The molecule has 0 unspecified atom stereocenters. The van der Waals surface area contributed by atoms with E-state index >= 15 is 0 Å². The predicted molar refractivity (Wildman–Crippen MR) is 63.5 cm³/mol. The molecular formula is C13H16N2O2. The topological polar surface area (TPSA) is 59.1 Å². The Morgan fingerprint density at radius 2 is 2.12 bits per heavy atom. The van der Waals surface area contributed by atoms with Crippen molar-refractivity contribution in [3.8, 4) is 0 Å². The zero-order valence-electron chi connectivity index (χ0n) is 10.1. The maximum absolute atomic E-state index is 11.7. The Kier molecular flexibility index (Phi) is 3.22. The van der Waals surface area contributed by atoms with Crippen molar-refractivity contribution in [1.29, 1.82) is 0 Å². The number of pyridine rings is 1. The lowest BCUT2D eigenvalue weighted by Crippen LogP contribution is -2.39. The molecule has 1 saturated heterocycles. The number of aromatic nitrogens is 1. The minimum atomic E-state index is -0.283. The molecule has 2 amide bonds. The Bertz CT molecular complexity index is 437. The van der Waals surface area contributed by atoms with Crippen LogP contribution in [-0.4, -0.2) is 16.8 Å². The molecular weight excluding hydrogens is 216 g/mol. The third-order valence-electron chi connectivity index (χ3n) is 3.07. The van der Waals surface area contributed by atoms with Crippen LogP contribution in [0.25, 0.3) is 0 Å². The number of carbonyl (C=O) groups is 2. The molecule has 0 aromatic carbocycles. The van der Waals surface area contributed by atoms with Gasteiger partial charge in [-0.2, -0.15) is 0 Å². The number of nitrogens with zero attached hydrogens (tertiary/aromatic N) is 1. The van der Waals surface area contributed by atoms with Gasteiger partial charge in [0.2, 0.25) is 11.8 Å². The normalized spacial score (nSPS) is 20.5. The minimum Gasteiger partial charge on any atom is -0.296 e. The maximum atomic E-state index is 11.7. The van der Waals surface area contributed by atoms with Crippen molar-refractivity contribution in [2.45, 2.75) is 38.5 Å². The molecule has 0 bridgehead atoms. The third kappa shape index (κ3) is 2.52. The van der Waals surface area contributed by atoms with E-state index in [2.05, 4.69) is 24.1 Å². The zero-order chi connectivity index (χ0) is 12.4. The molecule has 1 atom stereocenters. The Morgan fingerprint density at radius 1 is 1.35 bits per heavy atom. The highest BCUT2D eigenvalue weighted by molar-refractivity contribution is 6.00. The number of carbonyl (C=O) groups excluding carboxylic acids is 2. The van der Waals surface area contributed by atoms with Crippen molar-refractivity contribution in [2.24, 2.45) is 0 Å². The molecule has 1 fully saturated rings. The monoisotopic (exact) mass is 232 g/mol. The average molecular weight is 232 g/mol. The maximum Gasteiger partial charge on any atom is 0.235 e. The van der Waals surface area contributed by atoms with E-state index in [1.165, 1.54) is 0 Å². The summed E-state index contributed by atoms with van der Waals surface area (Å²) in [4.78, 5) is 27.0. The van der Waals surface area contributed by atoms with Crippen molar-refractivity contribution in [2.75, 3.05) is 0 Å². The zero-order valence-corrected chi connectivity index (χ0v) is 10.1. The second kappa shape index (κ2) is 4.65. The fraction of sp³-hybridized carbons (Fsp3) is 0.462. The molecule has 2 rings (SSSR count). The quantitative estimate of drug-likeness (QED) is 0.790. The number of hydrogen-bond donors (Lipinski definition) is 1. The number of piperidine rings is 1. The van der Waals surface area contributed by atoms with E-state index in [1.54, 1.807) is 0 Å². The molecule has 0 radical (unpaired) electrons. The largest absolute Gasteiger partial charge is 0.296 e. The minimum absolute atomic E-state index is 0.190. The summed E-state index contributed by atoms with van der Waals surface area (Å²) < 4.78 is 0. The van der Waals surface area contributed by atoms with Gasteiger partial charge in [0.25, 0.3) is 0 Å². The summed E-state index contributed by atoms with van der Waals surface area (Å²) in [5, 5.41) is 2.35. The lowest BCUT2D eigenvalue weighted by molar-refractivity contribution is -0.134. The number of imide groups is 1. The molecule has 4 heteroatoms. The van der Waals surface area contributed by atoms with Gasteiger partial charge in [0.05, 0.1) is 11.6 Å². The van der Waals surface area contributed by atoms with Gasteiger partial charge in [-0.25, -0.2) is 0 Å². The van der Waals surface area contributed by atoms with Gasteiger partial charge < -0.3 is 0 Å². The van der Waals surface area contributed by atoms with Crippen molar-refractivity contribution < 1.29 is 9.59 Å². The van der Waals surface area contributed by atoms with Gasteiger partial charge in [-0.15, -0.1) is 0 Å². The fourth-order valence-corrected chi connectivity index (χ4v) is 1.94. The van der Waals surface area contributed by atoms with E-state index < -0.39 is 0 Å². The molecule has 0 saturated carbocycles. The second-order valence-electron chi connectivity index (χ2n) is 4.67. The molecule has 90 valence electrons. The molecule has 1 aromatic rings. The standard InChI is InChI=1S/C13H16N2O2/c1-8(2)9-3-5-11(14-7-9)10-4-6-12(16)15-13(10)17/h3,5,7-8,10H,4,6H2,1-2H3,(H,15,16,17)/t10-/m1/s1. The van der Waals surface area contributed by atoms with Crippen molar-refractivity contribution in [1.82, 2.24) is 10.3 Å². The van der Waals surface area contributed by atoms with E-state index in [0.717, 1.165) is 11.3 Å². The third-order valence-corrected chi connectivity index (χ3v) is 3.07. The molecule has 17 heavy (non-hydrogen) atoms. The molecule has 4 nitrogen and oxygen atoms in total. The van der Waals surface area contributed by atoms with Gasteiger partial charge in [-0.1, -0.05) is 19.9 Å². The smallest absolute Gasteiger partial charge is 0.235 e. The van der Waals surface area contributed by atoms with Crippen LogP contribution >= 0.6 is 0 Å². The summed E-state index contributed by atoms with van der Waals surface area (Å²) in [6.07, 6.45) is 2.76. The van der Waals surface area contributed by atoms with Crippen LogP contribution in [0.2, 0.25) is 0 Å². The highest BCUT2D eigenvalue weighted by Gasteiger charge is 2.28. The number of hydrogen-bond acceptors (Lipinski definition) is 3. The van der Waals surface area contributed by atoms with Crippen LogP contribution in [0.15, 0.2) is 18.3 Å². The first-order chi connectivity index (χ1) is 8.08. The van der Waals surface area contributed by atoms with Crippen LogP contribution in [0.4, 0.5) is 0 Å². The molecule has 1 aliphatic rings. The lowest BCUT2D eigenvalue weighted by Gasteiger charge is -2.20. The first kappa shape index (κ1) is 11.8. The van der Waals surface area contributed by atoms with Gasteiger partial charge in [-0.05, 0) is 24.0 Å². The Balaban J connectivity index is 2.17. The summed E-state index contributed by atoms with van der Waals surface area (Å²) >= 11 is 0. The number of nitrogens with one attached hydrogen (secondary N) is 1. The summed E-state index contributed by atoms with van der Waals surface area (Å²) in [6.45, 7) is 4.20. The molecule has 2 heterocycles. The van der Waals surface area contributed by atoms with Gasteiger partial charge in [0.15, 0.2) is 0 Å². The van der Waals surface area contributed by atoms with Crippen LogP contribution in [-0.2, 0) is 9.59 Å². The average Bonchev–Trinajstić information content (AvgIpc) is 2.29. The molecule has 1 aromatic heterocycles. The molecule has 0 aliphatic carbocycles. The SMILES string of the molecule is CC(C)c1ccc([C@H]2CCC(=O)NC2=O)nc1. The van der Waals surface area contributed by atoms with E-state index in [0.29, 0.717) is 18.8 Å². The number of amides is 2. The summed E-state index contributed by atoms with van der Waals surface area (Å²) in [6, 6.07) is 3.88. The van der Waals surface area contributed by atoms with E-state index in [4.69, 9.17) is 0 Å².